The van der Waals surface area contributed by atoms with E-state index in [9.17, 15) is 5.11 Å². The zero-order valence-electron chi connectivity index (χ0n) is 10.2. The third-order valence-electron chi connectivity index (χ3n) is 3.57. The summed E-state index contributed by atoms with van der Waals surface area (Å²) < 4.78 is 3.95. The summed E-state index contributed by atoms with van der Waals surface area (Å²) in [5.41, 5.74) is 3.22. The van der Waals surface area contributed by atoms with Crippen molar-refractivity contribution in [3.05, 3.63) is 40.2 Å². The monoisotopic (exact) mass is 261 g/mol. The van der Waals surface area contributed by atoms with Gasteiger partial charge in [-0.25, -0.2) is 0 Å². The summed E-state index contributed by atoms with van der Waals surface area (Å²) in [6, 6.07) is 4.06. The van der Waals surface area contributed by atoms with Crippen LogP contribution in [0.4, 0.5) is 0 Å². The van der Waals surface area contributed by atoms with Crippen molar-refractivity contribution in [3.8, 4) is 0 Å². The number of hydrogen-bond donors (Lipinski definition) is 1. The third-order valence-corrected chi connectivity index (χ3v) is 4.41. The van der Waals surface area contributed by atoms with Crippen LogP contribution in [0.5, 0.6) is 0 Å². The Kier molecular flexibility index (Phi) is 3.09. The minimum atomic E-state index is -0.518. The highest BCUT2D eigenvalue weighted by molar-refractivity contribution is 7.05. The van der Waals surface area contributed by atoms with Gasteiger partial charge in [0.2, 0.25) is 0 Å². The van der Waals surface area contributed by atoms with Crippen LogP contribution in [0.25, 0.3) is 0 Å². The van der Waals surface area contributed by atoms with Gasteiger partial charge in [0.1, 0.15) is 6.10 Å². The van der Waals surface area contributed by atoms with Gasteiger partial charge in [0.25, 0.3) is 0 Å². The molecule has 1 aliphatic carbocycles. The molecule has 0 aromatic carbocycles. The van der Waals surface area contributed by atoms with Crippen LogP contribution in [0.2, 0.25) is 0 Å². The summed E-state index contributed by atoms with van der Waals surface area (Å²) in [7, 11) is 0. The van der Waals surface area contributed by atoms with Crippen LogP contribution in [-0.4, -0.2) is 19.7 Å². The van der Waals surface area contributed by atoms with E-state index in [1.54, 1.807) is 6.20 Å². The SMILES string of the molecule is CCc1nnsc1C(O)C1CCc2cccnc21. The van der Waals surface area contributed by atoms with Crippen LogP contribution < -0.4 is 0 Å². The zero-order chi connectivity index (χ0) is 12.5. The highest BCUT2D eigenvalue weighted by Crippen LogP contribution is 2.41. The first kappa shape index (κ1) is 11.7. The van der Waals surface area contributed by atoms with Crippen molar-refractivity contribution >= 4 is 11.5 Å². The number of aliphatic hydroxyl groups is 1. The molecule has 0 fully saturated rings. The summed E-state index contributed by atoms with van der Waals surface area (Å²) in [5, 5.41) is 14.6. The van der Waals surface area contributed by atoms with Crippen LogP contribution in [0.1, 0.15) is 47.2 Å². The average Bonchev–Trinajstić information content (AvgIpc) is 3.04. The van der Waals surface area contributed by atoms with E-state index in [0.717, 1.165) is 35.5 Å². The summed E-state index contributed by atoms with van der Waals surface area (Å²) in [5.74, 6) is 0.0914. The van der Waals surface area contributed by atoms with Crippen molar-refractivity contribution in [3.63, 3.8) is 0 Å². The molecular weight excluding hydrogens is 246 g/mol. The molecule has 2 unspecified atom stereocenters. The summed E-state index contributed by atoms with van der Waals surface area (Å²) in [6.45, 7) is 2.04. The second-order valence-electron chi connectivity index (χ2n) is 4.58. The van der Waals surface area contributed by atoms with Gasteiger partial charge in [-0.15, -0.1) is 5.10 Å². The number of hydrogen-bond acceptors (Lipinski definition) is 5. The van der Waals surface area contributed by atoms with E-state index in [1.165, 1.54) is 17.1 Å². The largest absolute Gasteiger partial charge is 0.387 e. The Bertz CT molecular complexity index is 555. The fraction of sp³-hybridized carbons (Fsp3) is 0.462. The molecule has 0 saturated heterocycles. The number of fused-ring (bicyclic) bond motifs is 1. The molecule has 5 heteroatoms. The molecule has 1 N–H and O–H groups in total. The van der Waals surface area contributed by atoms with Crippen LogP contribution in [0.15, 0.2) is 18.3 Å². The van der Waals surface area contributed by atoms with Gasteiger partial charge in [-0.05, 0) is 42.4 Å². The van der Waals surface area contributed by atoms with Gasteiger partial charge in [0.05, 0.1) is 10.6 Å². The molecule has 3 rings (SSSR count). The van der Waals surface area contributed by atoms with Gasteiger partial charge in [0, 0.05) is 17.8 Å². The molecule has 2 heterocycles. The maximum atomic E-state index is 10.6. The molecule has 18 heavy (non-hydrogen) atoms. The molecule has 0 aliphatic heterocycles. The fourth-order valence-corrected chi connectivity index (χ4v) is 3.41. The van der Waals surface area contributed by atoms with E-state index in [4.69, 9.17) is 0 Å². The highest BCUT2D eigenvalue weighted by Gasteiger charge is 2.33. The summed E-state index contributed by atoms with van der Waals surface area (Å²) >= 11 is 1.30. The summed E-state index contributed by atoms with van der Waals surface area (Å²) in [4.78, 5) is 5.33. The lowest BCUT2D eigenvalue weighted by molar-refractivity contribution is 0.146. The van der Waals surface area contributed by atoms with Crippen LogP contribution >= 0.6 is 11.5 Å². The van der Waals surface area contributed by atoms with Crippen molar-refractivity contribution in [1.29, 1.82) is 0 Å². The third kappa shape index (κ3) is 1.83. The quantitative estimate of drug-likeness (QED) is 0.920. The van der Waals surface area contributed by atoms with Crippen molar-refractivity contribution < 1.29 is 5.11 Å². The molecule has 4 nitrogen and oxygen atoms in total. The Morgan fingerprint density at radius 3 is 3.28 bits per heavy atom. The van der Waals surface area contributed by atoms with E-state index in [1.807, 2.05) is 13.0 Å². The molecule has 2 atom stereocenters. The minimum Gasteiger partial charge on any atom is -0.387 e. The first-order valence-corrected chi connectivity index (χ1v) is 7.01. The fourth-order valence-electron chi connectivity index (χ4n) is 2.62. The van der Waals surface area contributed by atoms with Crippen molar-refractivity contribution in [2.45, 2.75) is 38.2 Å². The zero-order valence-corrected chi connectivity index (χ0v) is 11.0. The predicted molar refractivity (Wildman–Crippen MR) is 69.5 cm³/mol. The van der Waals surface area contributed by atoms with E-state index in [0.29, 0.717) is 0 Å². The smallest absolute Gasteiger partial charge is 0.100 e. The molecule has 1 aliphatic rings. The molecular formula is C13H15N3OS. The topological polar surface area (TPSA) is 58.9 Å². The Hall–Kier alpha value is -1.33. The minimum absolute atomic E-state index is 0.0914. The highest BCUT2D eigenvalue weighted by atomic mass is 32.1. The van der Waals surface area contributed by atoms with Gasteiger partial charge < -0.3 is 5.11 Å². The molecule has 0 amide bonds. The van der Waals surface area contributed by atoms with Crippen molar-refractivity contribution in [1.82, 2.24) is 14.6 Å². The van der Waals surface area contributed by atoms with Crippen molar-refractivity contribution in [2.24, 2.45) is 0 Å². The number of pyridine rings is 1. The maximum Gasteiger partial charge on any atom is 0.100 e. The first-order valence-electron chi connectivity index (χ1n) is 6.24. The molecule has 2 aromatic heterocycles. The first-order chi connectivity index (χ1) is 8.81. The number of nitrogens with zero attached hydrogens (tertiary/aromatic N) is 3. The van der Waals surface area contributed by atoms with Crippen molar-refractivity contribution in [2.75, 3.05) is 0 Å². The van der Waals surface area contributed by atoms with Gasteiger partial charge in [-0.2, -0.15) is 0 Å². The van der Waals surface area contributed by atoms with E-state index in [-0.39, 0.29) is 5.92 Å². The van der Waals surface area contributed by atoms with Gasteiger partial charge in [0.15, 0.2) is 0 Å². The Morgan fingerprint density at radius 1 is 1.56 bits per heavy atom. The lowest BCUT2D eigenvalue weighted by Crippen LogP contribution is -2.10. The van der Waals surface area contributed by atoms with Gasteiger partial charge >= 0.3 is 0 Å². The number of aromatic nitrogens is 3. The lowest BCUT2D eigenvalue weighted by Gasteiger charge is -2.17. The Labute approximate surface area is 110 Å². The second kappa shape index (κ2) is 4.74. The number of aryl methyl sites for hydroxylation is 2. The van der Waals surface area contributed by atoms with Crippen LogP contribution in [0, 0.1) is 0 Å². The normalized spacial score (nSPS) is 19.8. The number of rotatable bonds is 3. The van der Waals surface area contributed by atoms with Crippen LogP contribution in [-0.2, 0) is 12.8 Å². The second-order valence-corrected chi connectivity index (χ2v) is 5.36. The van der Waals surface area contributed by atoms with E-state index < -0.39 is 6.10 Å². The molecule has 2 aromatic rings. The van der Waals surface area contributed by atoms with Gasteiger partial charge in [-0.1, -0.05) is 17.5 Å². The maximum absolute atomic E-state index is 10.6. The van der Waals surface area contributed by atoms with E-state index >= 15 is 0 Å². The van der Waals surface area contributed by atoms with Crippen LogP contribution in [0.3, 0.4) is 0 Å². The average molecular weight is 261 g/mol. The van der Waals surface area contributed by atoms with E-state index in [2.05, 4.69) is 20.6 Å². The summed E-state index contributed by atoms with van der Waals surface area (Å²) in [6.07, 6.45) is 4.05. The lowest BCUT2D eigenvalue weighted by atomic mass is 9.97. The number of aliphatic hydroxyl groups excluding tert-OH is 1. The molecule has 0 saturated carbocycles. The Balaban J connectivity index is 1.93. The predicted octanol–water partition coefficient (Wildman–Crippen LogP) is 2.26. The molecule has 94 valence electrons. The standard InChI is InChI=1S/C13H15N3OS/c1-2-10-13(18-16-15-10)12(17)9-6-5-8-4-3-7-14-11(8)9/h3-4,7,9,12,17H,2,5-6H2,1H3. The van der Waals surface area contributed by atoms with Gasteiger partial charge in [-0.3, -0.25) is 4.98 Å². The molecule has 0 radical (unpaired) electrons. The Morgan fingerprint density at radius 2 is 2.44 bits per heavy atom. The molecule has 0 spiro atoms. The molecule has 0 bridgehead atoms.